The highest BCUT2D eigenvalue weighted by molar-refractivity contribution is 6.03. The van der Waals surface area contributed by atoms with Gasteiger partial charge < -0.3 is 34.6 Å². The van der Waals surface area contributed by atoms with Crippen LogP contribution in [0.4, 0.5) is 36.2 Å². The Balaban J connectivity index is 1.45. The fraction of sp³-hybridized carbons (Fsp3) is 0.370. The van der Waals surface area contributed by atoms with Crippen LogP contribution in [-0.2, 0) is 32.2 Å². The van der Waals surface area contributed by atoms with E-state index in [4.69, 9.17) is 9.47 Å². The fourth-order valence-corrected chi connectivity index (χ4v) is 3.84. The van der Waals surface area contributed by atoms with E-state index in [-0.39, 0.29) is 12.3 Å². The lowest BCUT2D eigenvalue weighted by atomic mass is 10.2. The second-order valence-corrected chi connectivity index (χ2v) is 9.66. The molecule has 3 aromatic rings. The number of rotatable bonds is 12. The first-order valence-electron chi connectivity index (χ1n) is 13.1. The minimum Gasteiger partial charge on any atom is -0.471 e. The number of carbonyl (C=O) groups is 2. The number of alkyl halides is 3. The first-order valence-corrected chi connectivity index (χ1v) is 13.1. The highest BCUT2D eigenvalue weighted by Gasteiger charge is 2.42. The molecule has 0 radical (unpaired) electrons. The van der Waals surface area contributed by atoms with Crippen LogP contribution in [0.3, 0.4) is 0 Å². The molecule has 1 fully saturated rings. The molecule has 13 nitrogen and oxygen atoms in total. The Morgan fingerprint density at radius 2 is 1.93 bits per heavy atom. The zero-order valence-corrected chi connectivity index (χ0v) is 23.6. The normalized spacial score (nSPS) is 13.5. The van der Waals surface area contributed by atoms with Crippen molar-refractivity contribution in [2.45, 2.75) is 19.3 Å². The van der Waals surface area contributed by atoms with Gasteiger partial charge in [-0.25, -0.2) is 9.78 Å². The third-order valence-electron chi connectivity index (χ3n) is 6.01. The lowest BCUT2D eigenvalue weighted by Crippen LogP contribution is -2.36. The Morgan fingerprint density at radius 1 is 1.16 bits per heavy atom. The van der Waals surface area contributed by atoms with E-state index in [1.165, 1.54) is 6.07 Å². The zero-order chi connectivity index (χ0) is 31.0. The minimum absolute atomic E-state index is 0.0317. The van der Waals surface area contributed by atoms with Gasteiger partial charge in [0.05, 0.1) is 37.8 Å². The summed E-state index contributed by atoms with van der Waals surface area (Å²) in [6.07, 6.45) is -0.0719. The Kier molecular flexibility index (Phi) is 10.2. The number of benzene rings is 1. The van der Waals surface area contributed by atoms with Gasteiger partial charge in [-0.2, -0.15) is 23.3 Å². The van der Waals surface area contributed by atoms with E-state index in [1.807, 2.05) is 29.9 Å². The molecule has 0 saturated carbocycles. The van der Waals surface area contributed by atoms with Crippen LogP contribution in [0.5, 0.6) is 5.88 Å². The molecule has 0 aliphatic carbocycles. The first kappa shape index (κ1) is 31.2. The Labute approximate surface area is 245 Å². The van der Waals surface area contributed by atoms with Gasteiger partial charge in [0.2, 0.25) is 11.8 Å². The van der Waals surface area contributed by atoms with Crippen molar-refractivity contribution in [3.8, 4) is 5.88 Å². The molecule has 1 saturated heterocycles. The van der Waals surface area contributed by atoms with E-state index in [9.17, 15) is 22.8 Å². The van der Waals surface area contributed by atoms with Crippen molar-refractivity contribution < 1.29 is 37.0 Å². The number of anilines is 4. The molecule has 230 valence electrons. The van der Waals surface area contributed by atoms with Gasteiger partial charge in [0.15, 0.2) is 5.76 Å². The third-order valence-corrected chi connectivity index (χ3v) is 6.01. The average Bonchev–Trinajstić information content (AvgIpc) is 3.42. The zero-order valence-electron chi connectivity index (χ0n) is 23.6. The van der Waals surface area contributed by atoms with Crippen molar-refractivity contribution in [1.82, 2.24) is 24.6 Å². The fourth-order valence-electron chi connectivity index (χ4n) is 3.84. The topological polar surface area (TPSA) is 136 Å². The second kappa shape index (κ2) is 14.0. The summed E-state index contributed by atoms with van der Waals surface area (Å²) in [6.45, 7) is 6.98. The molecule has 0 bridgehead atoms. The number of amides is 1. The van der Waals surface area contributed by atoms with Crippen molar-refractivity contribution in [3.05, 3.63) is 60.8 Å². The Hall–Kier alpha value is -4.70. The first-order chi connectivity index (χ1) is 20.5. The maximum absolute atomic E-state index is 12.4. The van der Waals surface area contributed by atoms with Gasteiger partial charge in [0, 0.05) is 31.5 Å². The molecule has 0 atom stereocenters. The summed E-state index contributed by atoms with van der Waals surface area (Å²) < 4.78 is 54.6. The van der Waals surface area contributed by atoms with Crippen molar-refractivity contribution >= 4 is 34.9 Å². The molecule has 2 N–H and O–H groups in total. The number of aromatic nitrogens is 4. The van der Waals surface area contributed by atoms with Gasteiger partial charge in [-0.1, -0.05) is 18.7 Å². The number of nitrogens with one attached hydrogen (secondary N) is 2. The molecule has 2 aromatic heterocycles. The summed E-state index contributed by atoms with van der Waals surface area (Å²) in [4.78, 5) is 36.3. The number of halogens is 3. The number of ether oxygens (including phenoxy) is 3. The van der Waals surface area contributed by atoms with E-state index >= 15 is 0 Å². The molecule has 16 heteroatoms. The Bertz CT molecular complexity index is 1440. The van der Waals surface area contributed by atoms with Gasteiger partial charge in [-0.15, -0.1) is 0 Å². The highest BCUT2D eigenvalue weighted by Crippen LogP contribution is 2.29. The monoisotopic (exact) mass is 604 g/mol. The van der Waals surface area contributed by atoms with E-state index < -0.39 is 23.8 Å². The molecule has 1 amide bonds. The lowest BCUT2D eigenvalue weighted by molar-refractivity contribution is -0.195. The number of esters is 1. The summed E-state index contributed by atoms with van der Waals surface area (Å²) in [5.41, 5.74) is 2.21. The standard InChI is InChI=1S/C27H31F3N8O5/c1-18(43-25(40)27(28,29)30)23(39)33-20-6-4-5-19(13-20)17-42-24-22(37-9-11-41-12-10-37)15-31-26(35-24)34-21-14-32-38(16-21)8-7-36(2)3/h4-6,13-16H,1,7-12,17H2,2-3H3,(H,33,39)(H,31,34,35). The van der Waals surface area contributed by atoms with Gasteiger partial charge >= 0.3 is 12.1 Å². The van der Waals surface area contributed by atoms with Crippen LogP contribution in [0.15, 0.2) is 55.2 Å². The molecule has 4 rings (SSSR count). The van der Waals surface area contributed by atoms with Gasteiger partial charge in [-0.3, -0.25) is 9.48 Å². The summed E-state index contributed by atoms with van der Waals surface area (Å²) in [5.74, 6) is -4.04. The maximum atomic E-state index is 12.4. The predicted octanol–water partition coefficient (Wildman–Crippen LogP) is 2.95. The molecular formula is C27H31F3N8O5. The van der Waals surface area contributed by atoms with Crippen LogP contribution in [0.2, 0.25) is 0 Å². The van der Waals surface area contributed by atoms with Crippen LogP contribution in [-0.4, -0.2) is 89.6 Å². The van der Waals surface area contributed by atoms with E-state index in [1.54, 1.807) is 30.6 Å². The van der Waals surface area contributed by atoms with Crippen LogP contribution < -0.4 is 20.3 Å². The molecule has 0 unspecified atom stereocenters. The number of morpholine rings is 1. The van der Waals surface area contributed by atoms with Gasteiger partial charge in [-0.05, 0) is 31.8 Å². The third kappa shape index (κ3) is 9.14. The average molecular weight is 605 g/mol. The van der Waals surface area contributed by atoms with E-state index in [2.05, 4.69) is 41.9 Å². The number of likely N-dealkylation sites (N-methyl/N-ethyl adjacent to an activating group) is 1. The smallest absolute Gasteiger partial charge is 0.471 e. The number of hydrogen-bond acceptors (Lipinski definition) is 11. The number of hydrogen-bond donors (Lipinski definition) is 2. The number of nitrogens with zero attached hydrogens (tertiary/aromatic N) is 6. The van der Waals surface area contributed by atoms with Crippen molar-refractivity contribution in [3.63, 3.8) is 0 Å². The van der Waals surface area contributed by atoms with Gasteiger partial charge in [0.1, 0.15) is 12.3 Å². The van der Waals surface area contributed by atoms with Crippen molar-refractivity contribution in [2.24, 2.45) is 0 Å². The van der Waals surface area contributed by atoms with Crippen LogP contribution in [0, 0.1) is 0 Å². The van der Waals surface area contributed by atoms with Crippen molar-refractivity contribution in [1.29, 1.82) is 0 Å². The highest BCUT2D eigenvalue weighted by atomic mass is 19.4. The maximum Gasteiger partial charge on any atom is 0.491 e. The molecular weight excluding hydrogens is 573 g/mol. The van der Waals surface area contributed by atoms with E-state index in [0.29, 0.717) is 61.6 Å². The van der Waals surface area contributed by atoms with Crippen LogP contribution in [0.25, 0.3) is 0 Å². The van der Waals surface area contributed by atoms with Crippen LogP contribution in [0.1, 0.15) is 5.56 Å². The second-order valence-electron chi connectivity index (χ2n) is 9.66. The summed E-state index contributed by atoms with van der Waals surface area (Å²) in [7, 11) is 3.97. The quantitative estimate of drug-likeness (QED) is 0.179. The summed E-state index contributed by atoms with van der Waals surface area (Å²) in [6, 6.07) is 6.39. The molecule has 1 aliphatic heterocycles. The molecule has 0 spiro atoms. The van der Waals surface area contributed by atoms with Crippen LogP contribution >= 0.6 is 0 Å². The summed E-state index contributed by atoms with van der Waals surface area (Å²) in [5, 5.41) is 9.83. The van der Waals surface area contributed by atoms with E-state index in [0.717, 1.165) is 6.54 Å². The number of carbonyl (C=O) groups excluding carboxylic acids is 2. The molecule has 43 heavy (non-hydrogen) atoms. The predicted molar refractivity (Wildman–Crippen MR) is 150 cm³/mol. The van der Waals surface area contributed by atoms with Crippen molar-refractivity contribution in [2.75, 3.05) is 62.5 Å². The SMILES string of the molecule is C=C(OC(=O)C(F)(F)F)C(=O)Nc1cccc(COc2nc(Nc3cnn(CCN(C)C)c3)ncc2N2CCOCC2)c1. The molecule has 1 aromatic carbocycles. The Morgan fingerprint density at radius 3 is 2.65 bits per heavy atom. The summed E-state index contributed by atoms with van der Waals surface area (Å²) >= 11 is 0. The largest absolute Gasteiger partial charge is 0.491 e. The van der Waals surface area contributed by atoms with Gasteiger partial charge in [0.25, 0.3) is 5.91 Å². The molecule has 1 aliphatic rings. The molecule has 3 heterocycles. The minimum atomic E-state index is -5.26. The lowest BCUT2D eigenvalue weighted by Gasteiger charge is -2.29.